The lowest BCUT2D eigenvalue weighted by Crippen LogP contribution is -1.86. The van der Waals surface area contributed by atoms with Crippen LogP contribution in [0, 0.1) is 19.9 Å². The quantitative estimate of drug-likeness (QED) is 0.573. The van der Waals surface area contributed by atoms with Gasteiger partial charge in [0.15, 0.2) is 0 Å². The highest BCUT2D eigenvalue weighted by molar-refractivity contribution is 5.83. The Bertz CT molecular complexity index is 639. The summed E-state index contributed by atoms with van der Waals surface area (Å²) < 4.78 is 0. The van der Waals surface area contributed by atoms with Crippen LogP contribution >= 0.6 is 0 Å². The predicted octanol–water partition coefficient (Wildman–Crippen LogP) is 5.44. The van der Waals surface area contributed by atoms with E-state index in [9.17, 15) is 0 Å². The summed E-state index contributed by atoms with van der Waals surface area (Å²) in [6.45, 7) is 4.22. The van der Waals surface area contributed by atoms with Crippen molar-refractivity contribution in [3.63, 3.8) is 0 Å². The van der Waals surface area contributed by atoms with E-state index in [1.165, 1.54) is 27.8 Å². The molecule has 1 radical (unpaired) electrons. The summed E-state index contributed by atoms with van der Waals surface area (Å²) in [4.78, 5) is 0. The first-order valence-corrected chi connectivity index (χ1v) is 6.89. The molecule has 0 unspecified atom stereocenters. The largest absolute Gasteiger partial charge is 0.0610 e. The van der Waals surface area contributed by atoms with E-state index in [-0.39, 0.29) is 0 Å². The first kappa shape index (κ1) is 12.7. The molecule has 0 aliphatic heterocycles. The number of hydrogen-bond acceptors (Lipinski definition) is 0. The first-order valence-electron chi connectivity index (χ1n) is 6.89. The maximum absolute atomic E-state index is 3.39. The second-order valence-electron chi connectivity index (χ2n) is 5.19. The highest BCUT2D eigenvalue weighted by atomic mass is 14.1. The summed E-state index contributed by atoms with van der Waals surface area (Å²) in [6, 6.07) is 26.9. The van der Waals surface area contributed by atoms with Crippen molar-refractivity contribution in [1.82, 2.24) is 0 Å². The van der Waals surface area contributed by atoms with Crippen LogP contribution in [0.25, 0.3) is 22.3 Å². The van der Waals surface area contributed by atoms with E-state index in [2.05, 4.69) is 74.5 Å². The molecule has 0 N–H and O–H groups in total. The van der Waals surface area contributed by atoms with Gasteiger partial charge in [-0.3, -0.25) is 0 Å². The van der Waals surface area contributed by atoms with E-state index in [4.69, 9.17) is 0 Å². The lowest BCUT2D eigenvalue weighted by Gasteiger charge is -2.10. The second-order valence-corrected chi connectivity index (χ2v) is 5.19. The van der Waals surface area contributed by atoms with Gasteiger partial charge in [-0.05, 0) is 42.2 Å². The van der Waals surface area contributed by atoms with E-state index in [1.807, 2.05) is 12.1 Å². The molecule has 0 heteroatoms. The molecule has 0 fully saturated rings. The molecule has 0 aliphatic rings. The van der Waals surface area contributed by atoms with E-state index in [0.29, 0.717) is 0 Å². The highest BCUT2D eigenvalue weighted by Gasteiger charge is 2.06. The molecule has 0 aromatic heterocycles. The van der Waals surface area contributed by atoms with Crippen LogP contribution in [0.1, 0.15) is 11.1 Å². The van der Waals surface area contributed by atoms with E-state index >= 15 is 0 Å². The van der Waals surface area contributed by atoms with Gasteiger partial charge >= 0.3 is 0 Å². The van der Waals surface area contributed by atoms with E-state index in [1.54, 1.807) is 0 Å². The summed E-state index contributed by atoms with van der Waals surface area (Å²) in [5.74, 6) is 0. The molecular weight excluding hydrogens is 240 g/mol. The molecule has 0 heterocycles. The third kappa shape index (κ3) is 2.50. The molecule has 0 amide bonds. The molecule has 0 saturated carbocycles. The van der Waals surface area contributed by atoms with E-state index in [0.717, 1.165) is 5.56 Å². The maximum Gasteiger partial charge on any atom is -0.00266 e. The minimum absolute atomic E-state index is 1.16. The molecule has 3 aromatic rings. The predicted molar refractivity (Wildman–Crippen MR) is 85.6 cm³/mol. The van der Waals surface area contributed by atoms with Gasteiger partial charge in [-0.1, -0.05) is 77.9 Å². The van der Waals surface area contributed by atoms with Gasteiger partial charge in [-0.2, -0.15) is 0 Å². The molecule has 0 nitrogen and oxygen atoms in total. The van der Waals surface area contributed by atoms with Crippen molar-refractivity contribution < 1.29 is 0 Å². The fourth-order valence-corrected chi connectivity index (χ4v) is 2.37. The topological polar surface area (TPSA) is 0 Å². The third-order valence-electron chi connectivity index (χ3n) is 3.56. The van der Waals surface area contributed by atoms with Crippen molar-refractivity contribution in [2.45, 2.75) is 13.8 Å². The van der Waals surface area contributed by atoms with Crippen LogP contribution in [-0.2, 0) is 0 Å². The van der Waals surface area contributed by atoms with Gasteiger partial charge in [0.1, 0.15) is 0 Å². The Hall–Kier alpha value is -2.34. The summed E-state index contributed by atoms with van der Waals surface area (Å²) in [6.07, 6.45) is 0. The minimum Gasteiger partial charge on any atom is -0.0610 e. The van der Waals surface area contributed by atoms with Crippen molar-refractivity contribution >= 4 is 0 Å². The van der Waals surface area contributed by atoms with E-state index < -0.39 is 0 Å². The molecule has 20 heavy (non-hydrogen) atoms. The Morgan fingerprint density at radius 2 is 1.20 bits per heavy atom. The Morgan fingerprint density at radius 1 is 0.650 bits per heavy atom. The first-order chi connectivity index (χ1) is 9.74. The SMILES string of the molecule is Cc1ccc(-c2[c]cccc2-c2ccc(C)cc2)cc1. The van der Waals surface area contributed by atoms with Crippen molar-refractivity contribution in [2.24, 2.45) is 0 Å². The normalized spacial score (nSPS) is 10.5. The van der Waals surface area contributed by atoms with Crippen LogP contribution in [0.2, 0.25) is 0 Å². The summed E-state index contributed by atoms with van der Waals surface area (Å²) >= 11 is 0. The van der Waals surface area contributed by atoms with Gasteiger partial charge in [0.25, 0.3) is 0 Å². The zero-order valence-corrected chi connectivity index (χ0v) is 11.9. The lowest BCUT2D eigenvalue weighted by atomic mass is 9.94. The molecule has 0 saturated heterocycles. The number of aryl methyl sites for hydroxylation is 2. The van der Waals surface area contributed by atoms with Gasteiger partial charge < -0.3 is 0 Å². The monoisotopic (exact) mass is 257 g/mol. The summed E-state index contributed by atoms with van der Waals surface area (Å²) in [5.41, 5.74) is 7.41. The molecule has 0 aliphatic carbocycles. The maximum atomic E-state index is 3.39. The molecule has 97 valence electrons. The zero-order valence-electron chi connectivity index (χ0n) is 11.9. The molecular formula is C20H17. The fraction of sp³-hybridized carbons (Fsp3) is 0.100. The fourth-order valence-electron chi connectivity index (χ4n) is 2.37. The Labute approximate surface area is 120 Å². The Morgan fingerprint density at radius 3 is 1.80 bits per heavy atom. The van der Waals surface area contributed by atoms with Crippen molar-refractivity contribution in [2.75, 3.05) is 0 Å². The number of benzene rings is 3. The van der Waals surface area contributed by atoms with Crippen LogP contribution in [0.3, 0.4) is 0 Å². The number of hydrogen-bond donors (Lipinski definition) is 0. The van der Waals surface area contributed by atoms with Gasteiger partial charge in [0.05, 0.1) is 0 Å². The lowest BCUT2D eigenvalue weighted by molar-refractivity contribution is 1.45. The summed E-state index contributed by atoms with van der Waals surface area (Å²) in [7, 11) is 0. The van der Waals surface area contributed by atoms with Gasteiger partial charge in [0, 0.05) is 0 Å². The smallest absolute Gasteiger partial charge is 0.00266 e. The van der Waals surface area contributed by atoms with Crippen LogP contribution in [0.15, 0.2) is 66.7 Å². The molecule has 0 spiro atoms. The van der Waals surface area contributed by atoms with Gasteiger partial charge in [0.2, 0.25) is 0 Å². The molecule has 0 atom stereocenters. The standard InChI is InChI=1S/C20H17/c1-15-7-11-17(12-8-15)19-5-3-4-6-20(19)18-13-9-16(2)10-14-18/h3-5,7-14H,1-2H3. The van der Waals surface area contributed by atoms with Crippen molar-refractivity contribution in [3.05, 3.63) is 83.9 Å². The van der Waals surface area contributed by atoms with Crippen LogP contribution < -0.4 is 0 Å². The minimum atomic E-state index is 1.16. The average molecular weight is 257 g/mol. The molecule has 3 aromatic carbocycles. The van der Waals surface area contributed by atoms with Gasteiger partial charge in [-0.25, -0.2) is 0 Å². The Kier molecular flexibility index (Phi) is 3.39. The van der Waals surface area contributed by atoms with Crippen molar-refractivity contribution in [3.8, 4) is 22.3 Å². The number of rotatable bonds is 2. The van der Waals surface area contributed by atoms with Crippen LogP contribution in [0.4, 0.5) is 0 Å². The average Bonchev–Trinajstić information content (AvgIpc) is 2.49. The highest BCUT2D eigenvalue weighted by Crippen LogP contribution is 2.31. The Balaban J connectivity index is 2.13. The molecule has 0 bridgehead atoms. The second kappa shape index (κ2) is 5.34. The van der Waals surface area contributed by atoms with Gasteiger partial charge in [-0.15, -0.1) is 0 Å². The molecule has 3 rings (SSSR count). The zero-order chi connectivity index (χ0) is 13.9. The van der Waals surface area contributed by atoms with Crippen molar-refractivity contribution in [1.29, 1.82) is 0 Å². The van der Waals surface area contributed by atoms with Crippen LogP contribution in [-0.4, -0.2) is 0 Å². The third-order valence-corrected chi connectivity index (χ3v) is 3.56. The summed E-state index contributed by atoms with van der Waals surface area (Å²) in [5, 5.41) is 0. The van der Waals surface area contributed by atoms with Crippen LogP contribution in [0.5, 0.6) is 0 Å².